The number of fused-ring (bicyclic) bond motifs is 1. The van der Waals surface area contributed by atoms with E-state index >= 15 is 0 Å². The highest BCUT2D eigenvalue weighted by Gasteiger charge is 2.56. The lowest BCUT2D eigenvalue weighted by Crippen LogP contribution is -2.39. The van der Waals surface area contributed by atoms with Crippen LogP contribution >= 0.6 is 0 Å². The maximum Gasteiger partial charge on any atom is 0.410 e. The van der Waals surface area contributed by atoms with Crippen LogP contribution in [0, 0.1) is 18.8 Å². The maximum atomic E-state index is 12.0. The van der Waals surface area contributed by atoms with Crippen molar-refractivity contribution in [3.63, 3.8) is 0 Å². The number of likely N-dealkylation sites (tertiary alicyclic amines) is 1. The number of aryl methyl sites for hydroxylation is 1. The van der Waals surface area contributed by atoms with Crippen LogP contribution in [-0.2, 0) is 11.3 Å². The van der Waals surface area contributed by atoms with E-state index < -0.39 is 5.60 Å². The minimum atomic E-state index is -0.424. The lowest BCUT2D eigenvalue weighted by Gasteiger charge is -2.26. The minimum Gasteiger partial charge on any atom is -0.444 e. The zero-order valence-corrected chi connectivity index (χ0v) is 13.7. The summed E-state index contributed by atoms with van der Waals surface area (Å²) in [5.41, 5.74) is 0.591. The Morgan fingerprint density at radius 1 is 1.41 bits per heavy atom. The van der Waals surface area contributed by atoms with E-state index in [1.54, 1.807) is 6.20 Å². The van der Waals surface area contributed by atoms with Gasteiger partial charge in [-0.2, -0.15) is 0 Å². The zero-order valence-electron chi connectivity index (χ0n) is 13.7. The molecule has 1 aliphatic carbocycles. The minimum absolute atomic E-state index is 0.190. The van der Waals surface area contributed by atoms with Crippen LogP contribution in [-0.4, -0.2) is 45.7 Å². The number of carbonyl (C=O) groups excluding carboxylic acids is 1. The van der Waals surface area contributed by atoms with Gasteiger partial charge in [0, 0.05) is 31.9 Å². The van der Waals surface area contributed by atoms with Crippen molar-refractivity contribution in [1.82, 2.24) is 20.2 Å². The van der Waals surface area contributed by atoms with Gasteiger partial charge in [0.1, 0.15) is 11.4 Å². The first kappa shape index (κ1) is 15.2. The molecule has 1 saturated heterocycles. The van der Waals surface area contributed by atoms with Crippen LogP contribution in [0.2, 0.25) is 0 Å². The van der Waals surface area contributed by atoms with E-state index in [1.165, 1.54) is 0 Å². The van der Waals surface area contributed by atoms with Gasteiger partial charge in [0.25, 0.3) is 0 Å². The Balaban J connectivity index is 1.44. The molecule has 6 nitrogen and oxygen atoms in total. The number of hydrogen-bond acceptors (Lipinski definition) is 5. The number of nitrogens with one attached hydrogen (secondary N) is 1. The van der Waals surface area contributed by atoms with E-state index in [0.29, 0.717) is 17.9 Å². The van der Waals surface area contributed by atoms with Crippen molar-refractivity contribution in [2.45, 2.75) is 45.9 Å². The van der Waals surface area contributed by atoms with E-state index in [4.69, 9.17) is 4.74 Å². The molecule has 120 valence electrons. The first-order valence-electron chi connectivity index (χ1n) is 7.83. The second-order valence-electron chi connectivity index (χ2n) is 7.21. The van der Waals surface area contributed by atoms with Crippen molar-refractivity contribution < 1.29 is 9.53 Å². The first-order valence-corrected chi connectivity index (χ1v) is 7.83. The number of aromatic nitrogens is 2. The average molecular weight is 304 g/mol. The SMILES string of the molecule is Cc1nccc(CNC2C3CN(C(=O)OC(C)(C)C)CC32)n1. The molecule has 2 atom stereocenters. The van der Waals surface area contributed by atoms with Gasteiger partial charge >= 0.3 is 6.09 Å². The summed E-state index contributed by atoms with van der Waals surface area (Å²) >= 11 is 0. The fraction of sp³-hybridized carbons (Fsp3) is 0.688. The molecule has 1 aliphatic heterocycles. The molecule has 1 aromatic heterocycles. The van der Waals surface area contributed by atoms with Gasteiger partial charge in [0.05, 0.1) is 5.69 Å². The number of nitrogens with zero attached hydrogens (tertiary/aromatic N) is 3. The number of rotatable bonds is 3. The van der Waals surface area contributed by atoms with Gasteiger partial charge in [-0.15, -0.1) is 0 Å². The van der Waals surface area contributed by atoms with Crippen LogP contribution in [0.4, 0.5) is 4.79 Å². The van der Waals surface area contributed by atoms with Gasteiger partial charge in [-0.1, -0.05) is 0 Å². The number of amides is 1. The topological polar surface area (TPSA) is 67.4 Å². The summed E-state index contributed by atoms with van der Waals surface area (Å²) in [6.07, 6.45) is 1.60. The summed E-state index contributed by atoms with van der Waals surface area (Å²) in [6.45, 7) is 9.93. The average Bonchev–Trinajstić information content (AvgIpc) is 2.86. The third-order valence-corrected chi connectivity index (χ3v) is 4.20. The van der Waals surface area contributed by atoms with Crippen molar-refractivity contribution >= 4 is 6.09 Å². The predicted octanol–water partition coefficient (Wildman–Crippen LogP) is 1.74. The van der Waals surface area contributed by atoms with Gasteiger partial charge < -0.3 is 15.0 Å². The Morgan fingerprint density at radius 2 is 2.09 bits per heavy atom. The molecule has 1 aromatic rings. The Bertz CT molecular complexity index is 558. The monoisotopic (exact) mass is 304 g/mol. The second kappa shape index (κ2) is 5.50. The highest BCUT2D eigenvalue weighted by Crippen LogP contribution is 2.45. The summed E-state index contributed by atoms with van der Waals surface area (Å²) in [7, 11) is 0. The molecule has 0 radical (unpaired) electrons. The molecule has 0 bridgehead atoms. The largest absolute Gasteiger partial charge is 0.444 e. The van der Waals surface area contributed by atoms with Crippen LogP contribution in [0.25, 0.3) is 0 Å². The molecule has 1 saturated carbocycles. The molecule has 1 amide bonds. The molecule has 2 fully saturated rings. The lowest BCUT2D eigenvalue weighted by atomic mass is 10.2. The van der Waals surface area contributed by atoms with E-state index in [9.17, 15) is 4.79 Å². The standard InChI is InChI=1S/C16H24N4O2/c1-10-17-6-5-11(19-10)7-18-14-12-8-20(9-13(12)14)15(21)22-16(2,3)4/h5-6,12-14,18H,7-9H2,1-4H3. The van der Waals surface area contributed by atoms with E-state index in [0.717, 1.165) is 31.2 Å². The quantitative estimate of drug-likeness (QED) is 0.921. The molecule has 22 heavy (non-hydrogen) atoms. The van der Waals surface area contributed by atoms with E-state index in [1.807, 2.05) is 38.7 Å². The summed E-state index contributed by atoms with van der Waals surface area (Å²) in [4.78, 5) is 22.3. The van der Waals surface area contributed by atoms with Crippen LogP contribution < -0.4 is 5.32 Å². The summed E-state index contributed by atoms with van der Waals surface area (Å²) < 4.78 is 5.42. The van der Waals surface area contributed by atoms with Gasteiger partial charge in [0.15, 0.2) is 0 Å². The molecular formula is C16H24N4O2. The number of ether oxygens (including phenoxy) is 1. The molecule has 1 N–H and O–H groups in total. The van der Waals surface area contributed by atoms with Crippen LogP contribution in [0.3, 0.4) is 0 Å². The van der Waals surface area contributed by atoms with E-state index in [2.05, 4.69) is 15.3 Å². The summed E-state index contributed by atoms with van der Waals surface area (Å²) in [5, 5.41) is 3.54. The van der Waals surface area contributed by atoms with Crippen molar-refractivity contribution in [3.05, 3.63) is 23.8 Å². The summed E-state index contributed by atoms with van der Waals surface area (Å²) in [5.74, 6) is 1.90. The Labute approximate surface area is 131 Å². The molecule has 6 heteroatoms. The molecule has 2 unspecified atom stereocenters. The van der Waals surface area contributed by atoms with Gasteiger partial charge in [-0.3, -0.25) is 0 Å². The number of hydrogen-bond donors (Lipinski definition) is 1. The smallest absolute Gasteiger partial charge is 0.410 e. The van der Waals surface area contributed by atoms with Crippen molar-refractivity contribution in [3.8, 4) is 0 Å². The Kier molecular flexibility index (Phi) is 3.80. The second-order valence-corrected chi connectivity index (χ2v) is 7.21. The Hall–Kier alpha value is -1.69. The van der Waals surface area contributed by atoms with Crippen molar-refractivity contribution in [2.75, 3.05) is 13.1 Å². The fourth-order valence-corrected chi connectivity index (χ4v) is 3.13. The number of carbonyl (C=O) groups is 1. The highest BCUT2D eigenvalue weighted by molar-refractivity contribution is 5.69. The van der Waals surface area contributed by atoms with Gasteiger partial charge in [-0.25, -0.2) is 14.8 Å². The lowest BCUT2D eigenvalue weighted by molar-refractivity contribution is 0.0269. The van der Waals surface area contributed by atoms with Crippen molar-refractivity contribution in [1.29, 1.82) is 0 Å². The molecule has 2 aliphatic rings. The highest BCUT2D eigenvalue weighted by atomic mass is 16.6. The van der Waals surface area contributed by atoms with Gasteiger partial charge in [0.2, 0.25) is 0 Å². The Morgan fingerprint density at radius 3 is 2.68 bits per heavy atom. The molecule has 3 rings (SSSR count). The normalized spacial score (nSPS) is 26.7. The van der Waals surface area contributed by atoms with Crippen LogP contribution in [0.15, 0.2) is 12.3 Å². The fourth-order valence-electron chi connectivity index (χ4n) is 3.13. The third kappa shape index (κ3) is 3.38. The first-order chi connectivity index (χ1) is 10.3. The summed E-state index contributed by atoms with van der Waals surface area (Å²) in [6, 6.07) is 2.43. The van der Waals surface area contributed by atoms with Crippen LogP contribution in [0.5, 0.6) is 0 Å². The zero-order chi connectivity index (χ0) is 15.9. The van der Waals surface area contributed by atoms with Crippen LogP contribution in [0.1, 0.15) is 32.3 Å². The molecule has 2 heterocycles. The molecule has 0 spiro atoms. The van der Waals surface area contributed by atoms with Crippen molar-refractivity contribution in [2.24, 2.45) is 11.8 Å². The predicted molar refractivity (Wildman–Crippen MR) is 82.2 cm³/mol. The number of piperidine rings is 1. The molecular weight excluding hydrogens is 280 g/mol. The maximum absolute atomic E-state index is 12.0. The third-order valence-electron chi connectivity index (χ3n) is 4.20. The van der Waals surface area contributed by atoms with E-state index in [-0.39, 0.29) is 6.09 Å². The van der Waals surface area contributed by atoms with Gasteiger partial charge in [-0.05, 0) is 45.6 Å². The molecule has 0 aromatic carbocycles.